The van der Waals surface area contributed by atoms with Gasteiger partial charge >= 0.3 is 5.97 Å². The van der Waals surface area contributed by atoms with Crippen molar-refractivity contribution in [3.8, 4) is 11.8 Å². The van der Waals surface area contributed by atoms with Gasteiger partial charge in [-0.05, 0) is 50.2 Å². The smallest absolute Gasteiger partial charge is 0.338 e. The van der Waals surface area contributed by atoms with Gasteiger partial charge in [0.1, 0.15) is 18.2 Å². The molecule has 0 bridgehead atoms. The van der Waals surface area contributed by atoms with Crippen LogP contribution in [0.3, 0.4) is 0 Å². The molecule has 1 aliphatic rings. The Balaban J connectivity index is 1.51. The maximum absolute atomic E-state index is 12.6. The van der Waals surface area contributed by atoms with Crippen LogP contribution in [0.1, 0.15) is 40.7 Å². The van der Waals surface area contributed by atoms with Crippen molar-refractivity contribution in [3.05, 3.63) is 77.1 Å². The summed E-state index contributed by atoms with van der Waals surface area (Å²) in [6, 6.07) is 18.8. The number of carbonyl (C=O) groups excluding carboxylic acids is 1. The van der Waals surface area contributed by atoms with Crippen LogP contribution in [0.15, 0.2) is 59.7 Å². The lowest BCUT2D eigenvalue weighted by Gasteiger charge is -2.14. The second-order valence-electron chi connectivity index (χ2n) is 7.10. The van der Waals surface area contributed by atoms with Gasteiger partial charge in [0.05, 0.1) is 28.3 Å². The zero-order valence-electron chi connectivity index (χ0n) is 16.9. The van der Waals surface area contributed by atoms with Crippen molar-refractivity contribution >= 4 is 17.4 Å². The molecule has 2 heterocycles. The third-order valence-electron chi connectivity index (χ3n) is 4.99. The molecule has 0 amide bonds. The highest BCUT2D eigenvalue weighted by Crippen LogP contribution is 2.22. The molecule has 7 nitrogen and oxygen atoms in total. The van der Waals surface area contributed by atoms with Gasteiger partial charge in [-0.1, -0.05) is 18.2 Å². The normalized spacial score (nSPS) is 13.1. The number of hydrogen-bond donors (Lipinski definition) is 0. The van der Waals surface area contributed by atoms with E-state index in [4.69, 9.17) is 4.74 Å². The fourth-order valence-corrected chi connectivity index (χ4v) is 3.38. The number of hydrogen-bond acceptors (Lipinski definition) is 6. The number of aryl methyl sites for hydroxylation is 1. The molecule has 0 spiro atoms. The lowest BCUT2D eigenvalue weighted by molar-refractivity contribution is 0.0465. The van der Waals surface area contributed by atoms with E-state index in [-0.39, 0.29) is 6.61 Å². The average Bonchev–Trinajstić information content (AvgIpc) is 3.35. The summed E-state index contributed by atoms with van der Waals surface area (Å²) in [5, 5.41) is 20.4. The molecule has 1 aliphatic heterocycles. The van der Waals surface area contributed by atoms with Gasteiger partial charge in [-0.3, -0.25) is 5.01 Å². The zero-order chi connectivity index (χ0) is 21.1. The van der Waals surface area contributed by atoms with Gasteiger partial charge in [0.15, 0.2) is 0 Å². The first-order valence-corrected chi connectivity index (χ1v) is 9.69. The van der Waals surface area contributed by atoms with Crippen LogP contribution in [0, 0.1) is 18.3 Å². The number of nitrogens with zero attached hydrogens (tertiary/aromatic N) is 5. The summed E-state index contributed by atoms with van der Waals surface area (Å²) < 4.78 is 7.17. The van der Waals surface area contributed by atoms with Crippen molar-refractivity contribution < 1.29 is 9.53 Å². The molecular formula is C23H21N5O2. The molecule has 0 saturated heterocycles. The Hall–Kier alpha value is -3.92. The van der Waals surface area contributed by atoms with Crippen molar-refractivity contribution in [2.75, 3.05) is 11.6 Å². The van der Waals surface area contributed by atoms with E-state index in [9.17, 15) is 10.1 Å². The van der Waals surface area contributed by atoms with Crippen LogP contribution in [-0.2, 0) is 11.3 Å². The minimum absolute atomic E-state index is 0.0468. The van der Waals surface area contributed by atoms with Crippen LogP contribution < -0.4 is 5.01 Å². The standard InChI is InChI=1S/C23H21N5O2/c1-16-12-13-27(25-16)19-10-8-18(9-11-19)23(29)30-15-22-21(14-24)17(2)26-28(22)20-6-4-3-5-7-20/h3-11H,12-13,15H2,1-2H3. The summed E-state index contributed by atoms with van der Waals surface area (Å²) in [5.74, 6) is -0.454. The van der Waals surface area contributed by atoms with Gasteiger partial charge in [0, 0.05) is 18.7 Å². The number of para-hydroxylation sites is 1. The summed E-state index contributed by atoms with van der Waals surface area (Å²) in [6.45, 7) is 4.57. The molecule has 0 saturated carbocycles. The second kappa shape index (κ2) is 8.21. The minimum Gasteiger partial charge on any atom is -0.456 e. The third-order valence-corrected chi connectivity index (χ3v) is 4.99. The fraction of sp³-hybridized carbons (Fsp3) is 0.217. The molecule has 150 valence electrons. The van der Waals surface area contributed by atoms with Gasteiger partial charge in [0.2, 0.25) is 0 Å². The number of anilines is 1. The van der Waals surface area contributed by atoms with E-state index in [0.717, 1.165) is 30.1 Å². The Morgan fingerprint density at radius 3 is 2.47 bits per heavy atom. The molecule has 7 heteroatoms. The number of carbonyl (C=O) groups is 1. The summed E-state index contributed by atoms with van der Waals surface area (Å²) in [6.07, 6.45) is 0.944. The topological polar surface area (TPSA) is 83.5 Å². The number of aromatic nitrogens is 2. The van der Waals surface area contributed by atoms with E-state index in [1.807, 2.05) is 54.4 Å². The molecule has 0 fully saturated rings. The molecular weight excluding hydrogens is 378 g/mol. The summed E-state index contributed by atoms with van der Waals surface area (Å²) >= 11 is 0. The zero-order valence-corrected chi connectivity index (χ0v) is 16.9. The highest BCUT2D eigenvalue weighted by molar-refractivity contribution is 5.90. The number of ether oxygens (including phenoxy) is 1. The Morgan fingerprint density at radius 2 is 1.83 bits per heavy atom. The first-order chi connectivity index (χ1) is 14.6. The van der Waals surface area contributed by atoms with Crippen LogP contribution in [0.25, 0.3) is 5.69 Å². The maximum Gasteiger partial charge on any atom is 0.338 e. The number of hydrazone groups is 1. The molecule has 0 radical (unpaired) electrons. The van der Waals surface area contributed by atoms with E-state index in [1.165, 1.54) is 0 Å². The first kappa shape index (κ1) is 19.4. The van der Waals surface area contributed by atoms with Gasteiger partial charge < -0.3 is 4.74 Å². The highest BCUT2D eigenvalue weighted by atomic mass is 16.5. The van der Waals surface area contributed by atoms with E-state index in [2.05, 4.69) is 16.3 Å². The average molecular weight is 399 g/mol. The predicted molar refractivity (Wildman–Crippen MR) is 114 cm³/mol. The molecule has 0 aliphatic carbocycles. The van der Waals surface area contributed by atoms with Crippen molar-refractivity contribution in [1.82, 2.24) is 9.78 Å². The molecule has 0 N–H and O–H groups in total. The van der Waals surface area contributed by atoms with Crippen LogP contribution in [-0.4, -0.2) is 28.0 Å². The SMILES string of the molecule is CC1=NN(c2ccc(C(=O)OCc3c(C#N)c(C)nn3-c3ccccc3)cc2)CC1. The number of rotatable bonds is 5. The van der Waals surface area contributed by atoms with Crippen LogP contribution in [0.4, 0.5) is 5.69 Å². The lowest BCUT2D eigenvalue weighted by atomic mass is 10.2. The van der Waals surface area contributed by atoms with Crippen molar-refractivity contribution in [2.24, 2.45) is 5.10 Å². The predicted octanol–water partition coefficient (Wildman–Crippen LogP) is 4.00. The third kappa shape index (κ3) is 3.80. The summed E-state index contributed by atoms with van der Waals surface area (Å²) in [4.78, 5) is 12.6. The lowest BCUT2D eigenvalue weighted by Crippen LogP contribution is -2.13. The molecule has 0 unspecified atom stereocenters. The van der Waals surface area contributed by atoms with E-state index in [0.29, 0.717) is 22.5 Å². The number of esters is 1. The van der Waals surface area contributed by atoms with Gasteiger partial charge in [0.25, 0.3) is 0 Å². The fourth-order valence-electron chi connectivity index (χ4n) is 3.38. The Kier molecular flexibility index (Phi) is 5.31. The van der Waals surface area contributed by atoms with Crippen LogP contribution in [0.2, 0.25) is 0 Å². The Morgan fingerprint density at radius 1 is 1.10 bits per heavy atom. The largest absolute Gasteiger partial charge is 0.456 e. The molecule has 30 heavy (non-hydrogen) atoms. The molecule has 3 aromatic rings. The Bertz CT molecular complexity index is 1140. The van der Waals surface area contributed by atoms with Gasteiger partial charge in [-0.2, -0.15) is 15.5 Å². The summed E-state index contributed by atoms with van der Waals surface area (Å²) in [7, 11) is 0. The number of benzene rings is 2. The Labute approximate surface area is 174 Å². The molecule has 1 aromatic heterocycles. The van der Waals surface area contributed by atoms with E-state index >= 15 is 0 Å². The molecule has 2 aromatic carbocycles. The second-order valence-corrected chi connectivity index (χ2v) is 7.10. The van der Waals surface area contributed by atoms with Crippen LogP contribution >= 0.6 is 0 Å². The van der Waals surface area contributed by atoms with Crippen molar-refractivity contribution in [1.29, 1.82) is 5.26 Å². The quantitative estimate of drug-likeness (QED) is 0.606. The molecule has 4 rings (SSSR count). The first-order valence-electron chi connectivity index (χ1n) is 9.69. The maximum atomic E-state index is 12.6. The van der Waals surface area contributed by atoms with Gasteiger partial charge in [-0.25, -0.2) is 9.48 Å². The minimum atomic E-state index is -0.454. The van der Waals surface area contributed by atoms with Crippen molar-refractivity contribution in [3.63, 3.8) is 0 Å². The van der Waals surface area contributed by atoms with E-state index in [1.54, 1.807) is 23.7 Å². The highest BCUT2D eigenvalue weighted by Gasteiger charge is 2.19. The van der Waals surface area contributed by atoms with Gasteiger partial charge in [-0.15, -0.1) is 0 Å². The molecule has 0 atom stereocenters. The van der Waals surface area contributed by atoms with Crippen LogP contribution in [0.5, 0.6) is 0 Å². The monoisotopic (exact) mass is 399 g/mol. The van der Waals surface area contributed by atoms with E-state index < -0.39 is 5.97 Å². The number of nitriles is 1. The van der Waals surface area contributed by atoms with Crippen molar-refractivity contribution in [2.45, 2.75) is 26.9 Å². The summed E-state index contributed by atoms with van der Waals surface area (Å²) in [5.41, 5.74) is 4.85.